The fourth-order valence-corrected chi connectivity index (χ4v) is 7.03. The van der Waals surface area contributed by atoms with E-state index in [-0.39, 0.29) is 101 Å². The number of aryl methyl sites for hydroxylation is 1. The van der Waals surface area contributed by atoms with Crippen LogP contribution < -0.4 is 69.6 Å². The van der Waals surface area contributed by atoms with Crippen LogP contribution >= 0.6 is 114 Å². The molecule has 0 saturated carbocycles. The van der Waals surface area contributed by atoms with Gasteiger partial charge < -0.3 is 19.8 Å². The Balaban J connectivity index is 0.00000204. The van der Waals surface area contributed by atoms with Crippen molar-refractivity contribution in [2.45, 2.75) is 6.92 Å². The summed E-state index contributed by atoms with van der Waals surface area (Å²) in [5.41, 5.74) is 1.13. The molecule has 0 aromatic heterocycles. The molecule has 1 aliphatic heterocycles. The second-order valence-corrected chi connectivity index (χ2v) is 11.5. The Morgan fingerprint density at radius 2 is 1.54 bits per heavy atom. The van der Waals surface area contributed by atoms with Gasteiger partial charge in [0.1, 0.15) is 9.33 Å². The summed E-state index contributed by atoms with van der Waals surface area (Å²) < 4.78 is 7.86. The van der Waals surface area contributed by atoms with Crippen LogP contribution in [0, 0.1) is 23.7 Å². The summed E-state index contributed by atoms with van der Waals surface area (Å²) in [6, 6.07) is 6.55. The van der Waals surface area contributed by atoms with Crippen molar-refractivity contribution in [3.8, 4) is 22.5 Å². The average Bonchev–Trinajstić information content (AvgIpc) is 2.72. The third-order valence-electron chi connectivity index (χ3n) is 4.77. The summed E-state index contributed by atoms with van der Waals surface area (Å²) in [5, 5.41) is 12.0. The van der Waals surface area contributed by atoms with E-state index in [9.17, 15) is 14.7 Å². The summed E-state index contributed by atoms with van der Waals surface area (Å²) in [6.07, 6.45) is 0. The van der Waals surface area contributed by atoms with Gasteiger partial charge in [0.2, 0.25) is 0 Å². The number of halogens is 7. The van der Waals surface area contributed by atoms with Gasteiger partial charge in [0.25, 0.3) is 0 Å². The number of carbonyl (C=O) groups is 1. The van der Waals surface area contributed by atoms with Crippen LogP contribution in [0.25, 0.3) is 33.4 Å². The monoisotopic (exact) mass is 905 g/mol. The Hall–Kier alpha value is 1.91. The van der Waals surface area contributed by atoms with Gasteiger partial charge in [-0.05, 0) is 46.7 Å². The number of carboxylic acids is 1. The Morgan fingerprint density at radius 1 is 0.971 bits per heavy atom. The van der Waals surface area contributed by atoms with Crippen LogP contribution in [0.4, 0.5) is 0 Å². The number of aromatic carboxylic acids is 1. The molecule has 1 heterocycles. The standard InChI is InChI=1S/C21H6Cl4I3O4.2Na.H2O/c1-5-2-7-10(11-12(21(30)31)14(23)16(25)15(24)13(11)22)8-3-6(26)4-9(27)19(8)32-20(7)17(28)18(5)29;;;/h2-3H,1H3,(H,30,31);;;1H2/q-1;2*+1;/p-2. The molecule has 35 heavy (non-hydrogen) atoms. The topological polar surface area (TPSA) is 100 Å². The Bertz CT molecular complexity index is 1530. The Morgan fingerprint density at radius 3 is 2.11 bits per heavy atom. The Labute approximate surface area is 304 Å². The molecule has 0 spiro atoms. The maximum Gasteiger partial charge on any atom is 1.00 e. The molecule has 2 aromatic carbocycles. The van der Waals surface area contributed by atoms with E-state index in [2.05, 4.69) is 51.2 Å². The normalized spacial score (nSPS) is 10.5. The first-order valence-electron chi connectivity index (χ1n) is 8.50. The zero-order chi connectivity index (χ0) is 23.6. The molecule has 0 unspecified atom stereocenters. The van der Waals surface area contributed by atoms with Crippen molar-refractivity contribution in [3.05, 3.63) is 70.4 Å². The predicted octanol–water partition coefficient (Wildman–Crippen LogP) is 1.30. The number of hydrogen-bond acceptors (Lipinski definition) is 5. The van der Waals surface area contributed by atoms with E-state index in [1.807, 2.05) is 22.6 Å². The van der Waals surface area contributed by atoms with Crippen LogP contribution in [0.1, 0.15) is 15.9 Å². The Kier molecular flexibility index (Phi) is 13.5. The van der Waals surface area contributed by atoms with Crippen molar-refractivity contribution in [2.75, 3.05) is 0 Å². The van der Waals surface area contributed by atoms with Crippen molar-refractivity contribution >= 4 is 131 Å². The molecular weight excluding hydrogens is 901 g/mol. The summed E-state index contributed by atoms with van der Waals surface area (Å²) in [4.78, 5) is 24.8. The third kappa shape index (κ3) is 6.15. The quantitative estimate of drug-likeness (QED) is 0.0756. The number of carboxylic acid groups (broad SMARTS) is 1. The first-order valence-corrected chi connectivity index (χ1v) is 13.2. The van der Waals surface area contributed by atoms with E-state index in [1.165, 1.54) is 0 Å². The first kappa shape index (κ1) is 34.9. The minimum Gasteiger partial charge on any atom is -0.870 e. The van der Waals surface area contributed by atoms with Crippen molar-refractivity contribution in [1.82, 2.24) is 0 Å². The van der Waals surface area contributed by atoms with Crippen molar-refractivity contribution < 1.29 is 78.9 Å². The van der Waals surface area contributed by atoms with E-state index in [1.54, 1.807) is 19.1 Å². The summed E-state index contributed by atoms with van der Waals surface area (Å²) in [5.74, 6) is -1.30. The van der Waals surface area contributed by atoms with Crippen molar-refractivity contribution in [2.24, 2.45) is 0 Å². The van der Waals surface area contributed by atoms with Gasteiger partial charge in [0.15, 0.2) is 5.43 Å². The van der Waals surface area contributed by atoms with Gasteiger partial charge in [-0.1, -0.05) is 104 Å². The molecule has 0 saturated heterocycles. The second kappa shape index (κ2) is 13.5. The van der Waals surface area contributed by atoms with Crippen molar-refractivity contribution in [3.63, 3.8) is 0 Å². The molecule has 4 rings (SSSR count). The summed E-state index contributed by atoms with van der Waals surface area (Å²) >= 11 is 31.4. The summed E-state index contributed by atoms with van der Waals surface area (Å²) in [6.45, 7) is 1.66. The van der Waals surface area contributed by atoms with E-state index < -0.39 is 11.5 Å². The molecule has 172 valence electrons. The van der Waals surface area contributed by atoms with Crippen LogP contribution in [0.15, 0.2) is 21.3 Å². The van der Waals surface area contributed by atoms with Crippen LogP contribution in [-0.4, -0.2) is 11.4 Å². The fourth-order valence-electron chi connectivity index (χ4n) is 3.40. The van der Waals surface area contributed by atoms with Gasteiger partial charge in [-0.15, -0.1) is 6.07 Å². The predicted molar refractivity (Wildman–Crippen MR) is 153 cm³/mol. The maximum absolute atomic E-state index is 12.6. The molecule has 0 radical (unpaired) electrons. The number of benzene rings is 3. The summed E-state index contributed by atoms with van der Waals surface area (Å²) in [7, 11) is 0. The molecule has 1 N–H and O–H groups in total. The minimum absolute atomic E-state index is 0. The van der Waals surface area contributed by atoms with Crippen LogP contribution in [0.2, 0.25) is 20.1 Å². The van der Waals surface area contributed by atoms with E-state index in [0.717, 1.165) is 3.57 Å². The van der Waals surface area contributed by atoms with Crippen molar-refractivity contribution in [1.29, 1.82) is 0 Å². The molecule has 14 heteroatoms. The van der Waals surface area contributed by atoms with E-state index >= 15 is 0 Å². The van der Waals surface area contributed by atoms with Crippen LogP contribution in [-0.2, 0) is 0 Å². The molecular formula is C21H6Cl4I3Na2O5-. The van der Waals surface area contributed by atoms with Gasteiger partial charge in [-0.25, -0.2) is 0 Å². The number of hydrogen-bond donors (Lipinski definition) is 0. The average molecular weight is 907 g/mol. The molecule has 0 bridgehead atoms. The molecule has 1 aliphatic carbocycles. The molecule has 0 atom stereocenters. The number of carbonyl (C=O) groups excluding carboxylic acids is 1. The van der Waals surface area contributed by atoms with Crippen LogP contribution in [0.5, 0.6) is 0 Å². The van der Waals surface area contributed by atoms with Gasteiger partial charge >= 0.3 is 59.1 Å². The van der Waals surface area contributed by atoms with Gasteiger partial charge in [-0.3, -0.25) is 4.79 Å². The number of rotatable bonds is 2. The zero-order valence-electron chi connectivity index (χ0n) is 17.9. The minimum atomic E-state index is -1.58. The van der Waals surface area contributed by atoms with E-state index in [0.29, 0.717) is 34.8 Å². The van der Waals surface area contributed by atoms with Gasteiger partial charge in [0.05, 0.1) is 26.1 Å². The fraction of sp³-hybridized carbons (Fsp3) is 0.0476. The van der Waals surface area contributed by atoms with E-state index in [4.69, 9.17) is 50.8 Å². The first-order chi connectivity index (χ1) is 15.0. The largest absolute Gasteiger partial charge is 1.00 e. The van der Waals surface area contributed by atoms with Crippen LogP contribution in [0.3, 0.4) is 0 Å². The smallest absolute Gasteiger partial charge is 0.870 e. The second-order valence-electron chi connectivity index (χ2n) is 6.66. The molecule has 0 amide bonds. The third-order valence-corrected chi connectivity index (χ3v) is 8.89. The van der Waals surface area contributed by atoms with Gasteiger partial charge in [0, 0.05) is 22.3 Å². The zero-order valence-corrected chi connectivity index (χ0v) is 31.4. The number of fused-ring (bicyclic) bond motifs is 2. The SMILES string of the molecule is Cc1cc2c(-c3c(Cl)c(Cl)c(Cl)c(Cl)c3C(=O)[O-])c3cc(I)[c-]c(I)c3oc-2c(I)c1=O.[Na+].[Na+].[OH-]. The maximum atomic E-state index is 12.6. The molecule has 2 aromatic rings. The molecule has 0 fully saturated rings. The molecule has 2 aliphatic rings. The molecule has 5 nitrogen and oxygen atoms in total. The van der Waals surface area contributed by atoms with Gasteiger partial charge in [-0.2, -0.15) is 6.07 Å².